The Kier molecular flexibility index (Phi) is 3.49. The molecule has 3 N–H and O–H groups in total. The molecule has 2 heterocycles. The fraction of sp³-hybridized carbons (Fsp3) is 0.438. The molecule has 2 aromatic rings. The molecule has 0 radical (unpaired) electrons. The van der Waals surface area contributed by atoms with Crippen molar-refractivity contribution in [1.29, 1.82) is 0 Å². The second-order valence-electron chi connectivity index (χ2n) is 5.52. The first kappa shape index (κ1) is 13.2. The van der Waals surface area contributed by atoms with Crippen molar-refractivity contribution in [3.05, 3.63) is 35.5 Å². The van der Waals surface area contributed by atoms with Crippen LogP contribution in [-0.4, -0.2) is 22.1 Å². The van der Waals surface area contributed by atoms with E-state index in [1.165, 1.54) is 11.3 Å². The summed E-state index contributed by atoms with van der Waals surface area (Å²) in [6.45, 7) is 2.16. The minimum absolute atomic E-state index is 0.118. The van der Waals surface area contributed by atoms with Gasteiger partial charge in [0.25, 0.3) is 0 Å². The first-order chi connectivity index (χ1) is 9.70. The third kappa shape index (κ3) is 2.20. The van der Waals surface area contributed by atoms with Crippen molar-refractivity contribution in [2.75, 3.05) is 0 Å². The van der Waals surface area contributed by atoms with Crippen LogP contribution in [0.25, 0.3) is 10.9 Å². The minimum atomic E-state index is -0.762. The molecule has 1 aromatic carbocycles. The molecule has 106 valence electrons. The number of aromatic amines is 1. The van der Waals surface area contributed by atoms with Crippen LogP contribution >= 0.6 is 0 Å². The average Bonchev–Trinajstić information content (AvgIpc) is 2.83. The highest BCUT2D eigenvalue weighted by Crippen LogP contribution is 2.33. The van der Waals surface area contributed by atoms with Crippen LogP contribution < -0.4 is 5.32 Å². The predicted molar refractivity (Wildman–Crippen MR) is 78.8 cm³/mol. The Morgan fingerprint density at radius 3 is 2.95 bits per heavy atom. The van der Waals surface area contributed by atoms with Crippen LogP contribution in [-0.2, 0) is 11.2 Å². The summed E-state index contributed by atoms with van der Waals surface area (Å²) in [5.74, 6) is -0.762. The van der Waals surface area contributed by atoms with E-state index in [0.29, 0.717) is 6.42 Å². The van der Waals surface area contributed by atoms with E-state index in [0.717, 1.165) is 30.2 Å². The zero-order valence-electron chi connectivity index (χ0n) is 11.6. The van der Waals surface area contributed by atoms with E-state index in [2.05, 4.69) is 29.4 Å². The molecule has 1 aliphatic heterocycles. The summed E-state index contributed by atoms with van der Waals surface area (Å²) in [6, 6.07) is 7.78. The molecule has 0 bridgehead atoms. The van der Waals surface area contributed by atoms with Crippen LogP contribution in [0.5, 0.6) is 0 Å². The van der Waals surface area contributed by atoms with Crippen molar-refractivity contribution >= 4 is 16.9 Å². The SMILES string of the molecule is CCCC[C@H]1N[C@@H](C(=O)O)Cc2c1[nH]c1ccccc21. The summed E-state index contributed by atoms with van der Waals surface area (Å²) in [7, 11) is 0. The number of nitrogens with one attached hydrogen (secondary N) is 2. The van der Waals surface area contributed by atoms with Gasteiger partial charge in [0.15, 0.2) is 0 Å². The molecule has 0 fully saturated rings. The second-order valence-corrected chi connectivity index (χ2v) is 5.52. The molecule has 4 heteroatoms. The highest BCUT2D eigenvalue weighted by atomic mass is 16.4. The molecule has 0 amide bonds. The van der Waals surface area contributed by atoms with Crippen molar-refractivity contribution in [1.82, 2.24) is 10.3 Å². The number of rotatable bonds is 4. The van der Waals surface area contributed by atoms with E-state index in [9.17, 15) is 9.90 Å². The minimum Gasteiger partial charge on any atom is -0.480 e. The quantitative estimate of drug-likeness (QED) is 0.801. The van der Waals surface area contributed by atoms with Crippen molar-refractivity contribution in [2.45, 2.75) is 44.7 Å². The number of carbonyl (C=O) groups is 1. The third-order valence-corrected chi connectivity index (χ3v) is 4.15. The van der Waals surface area contributed by atoms with E-state index < -0.39 is 12.0 Å². The van der Waals surface area contributed by atoms with Crippen LogP contribution in [0.15, 0.2) is 24.3 Å². The zero-order valence-corrected chi connectivity index (χ0v) is 11.6. The number of aromatic nitrogens is 1. The maximum absolute atomic E-state index is 11.4. The van der Waals surface area contributed by atoms with Crippen LogP contribution in [0.1, 0.15) is 43.5 Å². The topological polar surface area (TPSA) is 65.1 Å². The lowest BCUT2D eigenvalue weighted by Crippen LogP contribution is -2.44. The molecule has 0 spiro atoms. The predicted octanol–water partition coefficient (Wildman–Crippen LogP) is 3.00. The van der Waals surface area contributed by atoms with Crippen molar-refractivity contribution < 1.29 is 9.90 Å². The van der Waals surface area contributed by atoms with Gasteiger partial charge in [-0.25, -0.2) is 0 Å². The number of carboxylic acids is 1. The Morgan fingerprint density at radius 1 is 1.40 bits per heavy atom. The number of fused-ring (bicyclic) bond motifs is 3. The van der Waals surface area contributed by atoms with Gasteiger partial charge in [0.2, 0.25) is 0 Å². The van der Waals surface area contributed by atoms with Crippen molar-refractivity contribution in [3.63, 3.8) is 0 Å². The Bertz CT molecular complexity index is 632. The summed E-state index contributed by atoms with van der Waals surface area (Å²) in [4.78, 5) is 14.8. The Morgan fingerprint density at radius 2 is 2.20 bits per heavy atom. The van der Waals surface area contributed by atoms with Crippen LogP contribution in [0.3, 0.4) is 0 Å². The summed E-state index contributed by atoms with van der Waals surface area (Å²) in [5.41, 5.74) is 3.46. The van der Waals surface area contributed by atoms with Gasteiger partial charge in [-0.15, -0.1) is 0 Å². The van der Waals surface area contributed by atoms with Gasteiger partial charge in [0, 0.05) is 29.1 Å². The highest BCUT2D eigenvalue weighted by Gasteiger charge is 2.32. The molecular formula is C16H20N2O2. The van der Waals surface area contributed by atoms with Crippen molar-refractivity contribution in [2.24, 2.45) is 0 Å². The molecule has 0 aliphatic carbocycles. The molecule has 2 atom stereocenters. The van der Waals surface area contributed by atoms with Crippen molar-refractivity contribution in [3.8, 4) is 0 Å². The average molecular weight is 272 g/mol. The van der Waals surface area contributed by atoms with Gasteiger partial charge in [-0.3, -0.25) is 10.1 Å². The maximum atomic E-state index is 11.4. The number of hydrogen-bond donors (Lipinski definition) is 3. The number of para-hydroxylation sites is 1. The zero-order chi connectivity index (χ0) is 14.1. The lowest BCUT2D eigenvalue weighted by molar-refractivity contribution is -0.139. The number of carboxylic acid groups (broad SMARTS) is 1. The molecule has 20 heavy (non-hydrogen) atoms. The lowest BCUT2D eigenvalue weighted by atomic mass is 9.91. The molecule has 0 saturated heterocycles. The van der Waals surface area contributed by atoms with E-state index >= 15 is 0 Å². The van der Waals surface area contributed by atoms with Gasteiger partial charge in [-0.1, -0.05) is 38.0 Å². The Hall–Kier alpha value is -1.81. The second kappa shape index (κ2) is 5.29. The molecule has 4 nitrogen and oxygen atoms in total. The summed E-state index contributed by atoms with van der Waals surface area (Å²) in [6.07, 6.45) is 3.74. The Balaban J connectivity index is 2.04. The lowest BCUT2D eigenvalue weighted by Gasteiger charge is -2.29. The molecular weight excluding hydrogens is 252 g/mol. The first-order valence-electron chi connectivity index (χ1n) is 7.29. The third-order valence-electron chi connectivity index (χ3n) is 4.15. The van der Waals surface area contributed by atoms with Crippen LogP contribution in [0, 0.1) is 0 Å². The van der Waals surface area contributed by atoms with Crippen LogP contribution in [0.4, 0.5) is 0 Å². The monoisotopic (exact) mass is 272 g/mol. The fourth-order valence-electron chi connectivity index (χ4n) is 3.12. The van der Waals surface area contributed by atoms with Crippen LogP contribution in [0.2, 0.25) is 0 Å². The standard InChI is InChI=1S/C16H20N2O2/c1-2-3-7-13-15-11(9-14(17-13)16(19)20)10-6-4-5-8-12(10)18-15/h4-6,8,13-14,17-18H,2-3,7,9H2,1H3,(H,19,20)/t13-,14-/m1/s1. The van der Waals surface area contributed by atoms with Gasteiger partial charge in [-0.2, -0.15) is 0 Å². The number of unbranched alkanes of at least 4 members (excludes halogenated alkanes) is 1. The number of H-pyrrole nitrogens is 1. The molecule has 0 saturated carbocycles. The van der Waals surface area contributed by atoms with Gasteiger partial charge < -0.3 is 10.1 Å². The molecule has 0 unspecified atom stereocenters. The van der Waals surface area contributed by atoms with Gasteiger partial charge in [-0.05, 0) is 18.1 Å². The molecule has 1 aromatic heterocycles. The normalized spacial score (nSPS) is 21.9. The summed E-state index contributed by atoms with van der Waals surface area (Å²) in [5, 5.41) is 13.8. The molecule has 1 aliphatic rings. The maximum Gasteiger partial charge on any atom is 0.321 e. The van der Waals surface area contributed by atoms with Gasteiger partial charge in [0.1, 0.15) is 6.04 Å². The number of benzene rings is 1. The smallest absolute Gasteiger partial charge is 0.321 e. The summed E-state index contributed by atoms with van der Waals surface area (Å²) < 4.78 is 0. The Labute approximate surface area is 118 Å². The van der Waals surface area contributed by atoms with E-state index in [1.807, 2.05) is 12.1 Å². The van der Waals surface area contributed by atoms with E-state index in [4.69, 9.17) is 0 Å². The largest absolute Gasteiger partial charge is 0.480 e. The number of aliphatic carboxylic acids is 1. The summed E-state index contributed by atoms with van der Waals surface area (Å²) >= 11 is 0. The van der Waals surface area contributed by atoms with Gasteiger partial charge in [0.05, 0.1) is 0 Å². The first-order valence-corrected chi connectivity index (χ1v) is 7.29. The van der Waals surface area contributed by atoms with E-state index in [-0.39, 0.29) is 6.04 Å². The number of hydrogen-bond acceptors (Lipinski definition) is 2. The van der Waals surface area contributed by atoms with Gasteiger partial charge >= 0.3 is 5.97 Å². The highest BCUT2D eigenvalue weighted by molar-refractivity contribution is 5.86. The fourth-order valence-corrected chi connectivity index (χ4v) is 3.12. The molecule has 3 rings (SSSR count). The van der Waals surface area contributed by atoms with E-state index in [1.54, 1.807) is 0 Å².